The van der Waals surface area contributed by atoms with Crippen LogP contribution in [-0.2, 0) is 4.52 Å². The third-order valence-corrected chi connectivity index (χ3v) is 5.52. The second-order valence-electron chi connectivity index (χ2n) is 4.73. The van der Waals surface area contributed by atoms with E-state index in [0.717, 1.165) is 17.5 Å². The second kappa shape index (κ2) is 8.65. The van der Waals surface area contributed by atoms with Gasteiger partial charge in [0.05, 0.1) is 29.3 Å². The molecule has 0 heterocycles. The van der Waals surface area contributed by atoms with Crippen molar-refractivity contribution in [1.82, 2.24) is 0 Å². The topological polar surface area (TPSA) is 35.5 Å². The summed E-state index contributed by atoms with van der Waals surface area (Å²) in [5, 5.41) is 1.47. The van der Waals surface area contributed by atoms with E-state index in [2.05, 4.69) is 0 Å². The van der Waals surface area contributed by atoms with Crippen LogP contribution < -0.4 is 10.0 Å². The van der Waals surface area contributed by atoms with Gasteiger partial charge in [-0.15, -0.1) is 0 Å². The average Bonchev–Trinajstić information content (AvgIpc) is 2.55. The molecule has 1 unspecified atom stereocenters. The van der Waals surface area contributed by atoms with Crippen LogP contribution in [0.2, 0.25) is 10.0 Å². The summed E-state index contributed by atoms with van der Waals surface area (Å²) in [7, 11) is 0.0850. The number of rotatable bonds is 7. The van der Waals surface area contributed by atoms with Gasteiger partial charge in [0.25, 0.3) is 0 Å². The molecule has 0 saturated carbocycles. The van der Waals surface area contributed by atoms with E-state index < -0.39 is 8.15 Å². The molecule has 0 aliphatic heterocycles. The molecule has 2 aromatic rings. The smallest absolute Gasteiger partial charge is 0.219 e. The van der Waals surface area contributed by atoms with Crippen molar-refractivity contribution in [3.63, 3.8) is 0 Å². The number of halogens is 2. The molecule has 0 fully saturated rings. The predicted molar refractivity (Wildman–Crippen MR) is 96.6 cm³/mol. The first-order valence-corrected chi connectivity index (χ1v) is 9.15. The molecule has 0 bridgehead atoms. The van der Waals surface area contributed by atoms with Crippen LogP contribution in [-0.4, -0.2) is 19.2 Å². The molecule has 2 aromatic carbocycles. The third-order valence-electron chi connectivity index (χ3n) is 3.09. The van der Waals surface area contributed by atoms with E-state index in [-0.39, 0.29) is 5.52 Å². The molecule has 0 amide bonds. The van der Waals surface area contributed by atoms with E-state index in [1.165, 1.54) is 0 Å². The first-order valence-electron chi connectivity index (χ1n) is 7.14. The molecule has 3 nitrogen and oxygen atoms in total. The van der Waals surface area contributed by atoms with E-state index in [1.54, 1.807) is 25.3 Å². The van der Waals surface area contributed by atoms with Gasteiger partial charge in [0.15, 0.2) is 0 Å². The summed E-state index contributed by atoms with van der Waals surface area (Å²) in [6.07, 6.45) is 0.818. The molecule has 23 heavy (non-hydrogen) atoms. The highest BCUT2D eigenvalue weighted by atomic mass is 35.5. The van der Waals surface area contributed by atoms with Gasteiger partial charge in [-0.25, -0.2) is 0 Å². The zero-order chi connectivity index (χ0) is 16.8. The van der Waals surface area contributed by atoms with Gasteiger partial charge in [-0.3, -0.25) is 4.79 Å². The number of methoxy groups -OCH3 is 1. The molecule has 1 atom stereocenters. The van der Waals surface area contributed by atoms with Crippen LogP contribution in [0, 0.1) is 0 Å². The summed E-state index contributed by atoms with van der Waals surface area (Å²) in [5.41, 5.74) is 0.128. The van der Waals surface area contributed by atoms with Gasteiger partial charge < -0.3 is 9.26 Å². The van der Waals surface area contributed by atoms with Gasteiger partial charge in [0.2, 0.25) is 5.52 Å². The molecule has 0 N–H and O–H groups in total. The summed E-state index contributed by atoms with van der Waals surface area (Å²) in [6.45, 7) is 2.49. The summed E-state index contributed by atoms with van der Waals surface area (Å²) in [5.74, 6) is 0.724. The van der Waals surface area contributed by atoms with E-state index in [9.17, 15) is 4.79 Å². The van der Waals surface area contributed by atoms with Crippen molar-refractivity contribution in [3.05, 3.63) is 58.1 Å². The number of carbonyl (C=O) groups is 1. The lowest BCUT2D eigenvalue weighted by molar-refractivity contribution is 0.106. The Labute approximate surface area is 147 Å². The predicted octanol–water partition coefficient (Wildman–Crippen LogP) is 5.29. The largest absolute Gasteiger partial charge is 0.497 e. The van der Waals surface area contributed by atoms with Gasteiger partial charge >= 0.3 is 0 Å². The molecule has 0 aliphatic rings. The Kier molecular flexibility index (Phi) is 6.86. The van der Waals surface area contributed by atoms with Crippen molar-refractivity contribution in [3.8, 4) is 5.75 Å². The van der Waals surface area contributed by atoms with E-state index in [4.69, 9.17) is 32.5 Å². The molecular formula is C17H17Cl2O3P. The summed E-state index contributed by atoms with van der Waals surface area (Å²) in [6, 6.07) is 12.3. The van der Waals surface area contributed by atoms with Gasteiger partial charge in [-0.2, -0.15) is 0 Å². The van der Waals surface area contributed by atoms with Crippen molar-refractivity contribution in [2.75, 3.05) is 13.7 Å². The quantitative estimate of drug-likeness (QED) is 0.621. The Balaban J connectivity index is 2.39. The maximum atomic E-state index is 13.0. The fourth-order valence-electron chi connectivity index (χ4n) is 1.95. The minimum absolute atomic E-state index is 0.186. The van der Waals surface area contributed by atoms with Gasteiger partial charge in [-0.05, 0) is 42.8 Å². The molecule has 0 aromatic heterocycles. The number of ether oxygens (including phenoxy) is 1. The minimum atomic E-state index is -1.51. The number of hydrogen-bond acceptors (Lipinski definition) is 3. The van der Waals surface area contributed by atoms with E-state index in [0.29, 0.717) is 22.2 Å². The molecule has 0 spiro atoms. The monoisotopic (exact) mass is 370 g/mol. The third kappa shape index (κ3) is 4.45. The van der Waals surface area contributed by atoms with Crippen molar-refractivity contribution in [2.24, 2.45) is 0 Å². The van der Waals surface area contributed by atoms with Crippen LogP contribution in [0.3, 0.4) is 0 Å². The van der Waals surface area contributed by atoms with Gasteiger partial charge in [-0.1, -0.05) is 36.2 Å². The zero-order valence-corrected chi connectivity index (χ0v) is 15.3. The number of carbonyl (C=O) groups excluding carboxylic acids is 1. The van der Waals surface area contributed by atoms with Crippen LogP contribution in [0.15, 0.2) is 42.5 Å². The zero-order valence-electron chi connectivity index (χ0n) is 12.9. The Hall–Kier alpha value is -1.12. The Morgan fingerprint density at radius 3 is 2.22 bits per heavy atom. The molecule has 0 radical (unpaired) electrons. The molecule has 122 valence electrons. The Morgan fingerprint density at radius 1 is 1.09 bits per heavy atom. The van der Waals surface area contributed by atoms with E-state index in [1.807, 2.05) is 31.2 Å². The van der Waals surface area contributed by atoms with Crippen LogP contribution in [0.4, 0.5) is 0 Å². The first kappa shape index (κ1) is 18.2. The van der Waals surface area contributed by atoms with E-state index >= 15 is 0 Å². The highest BCUT2D eigenvalue weighted by Gasteiger charge is 2.27. The van der Waals surface area contributed by atoms with Crippen LogP contribution in [0.5, 0.6) is 5.75 Å². The average molecular weight is 371 g/mol. The normalized spacial score (nSPS) is 12.0. The second-order valence-corrected chi connectivity index (χ2v) is 7.31. The molecular weight excluding hydrogens is 354 g/mol. The molecule has 0 saturated heterocycles. The lowest BCUT2D eigenvalue weighted by atomic mass is 10.2. The van der Waals surface area contributed by atoms with Crippen molar-refractivity contribution in [1.29, 1.82) is 0 Å². The lowest BCUT2D eigenvalue weighted by Gasteiger charge is -2.18. The van der Waals surface area contributed by atoms with Crippen LogP contribution in [0.1, 0.15) is 23.7 Å². The molecule has 6 heteroatoms. The van der Waals surface area contributed by atoms with Crippen molar-refractivity contribution in [2.45, 2.75) is 13.3 Å². The fourth-order valence-corrected chi connectivity index (χ4v) is 4.38. The number of hydrogen-bond donors (Lipinski definition) is 0. The van der Waals surface area contributed by atoms with Crippen molar-refractivity contribution >= 4 is 42.2 Å². The SMILES string of the molecule is CCCOP(C(=O)c1c(Cl)cccc1Cl)c1ccc(OC)cc1. The summed E-state index contributed by atoms with van der Waals surface area (Å²) < 4.78 is 11.0. The highest BCUT2D eigenvalue weighted by Crippen LogP contribution is 2.43. The van der Waals surface area contributed by atoms with Gasteiger partial charge in [0, 0.05) is 5.30 Å². The Morgan fingerprint density at radius 2 is 1.70 bits per heavy atom. The van der Waals surface area contributed by atoms with Gasteiger partial charge in [0.1, 0.15) is 13.9 Å². The molecule has 2 rings (SSSR count). The first-order chi connectivity index (χ1) is 11.1. The summed E-state index contributed by atoms with van der Waals surface area (Å²) >= 11 is 12.3. The van der Waals surface area contributed by atoms with Crippen LogP contribution in [0.25, 0.3) is 0 Å². The maximum Gasteiger partial charge on any atom is 0.219 e. The minimum Gasteiger partial charge on any atom is -0.497 e. The van der Waals surface area contributed by atoms with Crippen molar-refractivity contribution < 1.29 is 14.1 Å². The summed E-state index contributed by atoms with van der Waals surface area (Å²) in [4.78, 5) is 13.0. The lowest BCUT2D eigenvalue weighted by Crippen LogP contribution is -2.12. The standard InChI is InChI=1S/C17H17Cl2O3P/c1-3-11-22-23(13-9-7-12(21-2)8-10-13)17(20)16-14(18)5-4-6-15(16)19/h4-10H,3,11H2,1-2H3. The highest BCUT2D eigenvalue weighted by molar-refractivity contribution is 7.78. The molecule has 0 aliphatic carbocycles. The number of benzene rings is 2. The van der Waals surface area contributed by atoms with Crippen LogP contribution >= 0.6 is 31.4 Å². The fraction of sp³-hybridized carbons (Fsp3) is 0.235. The maximum absolute atomic E-state index is 13.0. The Bertz CT molecular complexity index is 654.